The number of nitrogens with zero attached hydrogens (tertiary/aromatic N) is 4. The van der Waals surface area contributed by atoms with Gasteiger partial charge in [0.2, 0.25) is 0 Å². The highest BCUT2D eigenvalue weighted by Gasteiger charge is 2.21. The highest BCUT2D eigenvalue weighted by Crippen LogP contribution is 2.24. The predicted molar refractivity (Wildman–Crippen MR) is 134 cm³/mol. The van der Waals surface area contributed by atoms with Crippen molar-refractivity contribution in [3.63, 3.8) is 0 Å². The summed E-state index contributed by atoms with van der Waals surface area (Å²) in [5, 5.41) is 7.04. The third-order valence-corrected chi connectivity index (χ3v) is 5.90. The molecule has 0 bridgehead atoms. The molecule has 4 rings (SSSR count). The maximum Gasteiger partial charge on any atom is 0.191 e. The van der Waals surface area contributed by atoms with Crippen molar-refractivity contribution in [2.75, 3.05) is 31.6 Å². The largest absolute Gasteiger partial charge is 0.497 e. The van der Waals surface area contributed by atoms with Gasteiger partial charge in [-0.1, -0.05) is 36.4 Å². The molecule has 1 aliphatic heterocycles. The Labute approximate surface area is 196 Å². The Balaban J connectivity index is 1.40. The Hall–Kier alpha value is -3.48. The van der Waals surface area contributed by atoms with Gasteiger partial charge >= 0.3 is 0 Å². The Bertz CT molecular complexity index is 1030. The minimum Gasteiger partial charge on any atom is -0.497 e. The van der Waals surface area contributed by atoms with Gasteiger partial charge < -0.3 is 24.8 Å². The molecule has 2 aromatic carbocycles. The Kier molecular flexibility index (Phi) is 7.85. The summed E-state index contributed by atoms with van der Waals surface area (Å²) >= 11 is 0. The van der Waals surface area contributed by atoms with E-state index in [1.807, 2.05) is 30.6 Å². The van der Waals surface area contributed by atoms with Crippen LogP contribution in [-0.4, -0.2) is 48.3 Å². The summed E-state index contributed by atoms with van der Waals surface area (Å²) in [5.41, 5.74) is 2.45. The third kappa shape index (κ3) is 6.28. The second kappa shape index (κ2) is 11.4. The first-order valence-corrected chi connectivity index (χ1v) is 11.7. The van der Waals surface area contributed by atoms with Gasteiger partial charge in [0.1, 0.15) is 18.1 Å². The van der Waals surface area contributed by atoms with Gasteiger partial charge in [-0.15, -0.1) is 0 Å². The van der Waals surface area contributed by atoms with Crippen molar-refractivity contribution in [3.8, 4) is 5.75 Å². The number of aromatic nitrogens is 2. The second-order valence-corrected chi connectivity index (χ2v) is 8.28. The van der Waals surface area contributed by atoms with Crippen LogP contribution in [0.2, 0.25) is 0 Å². The Morgan fingerprint density at radius 2 is 2.06 bits per heavy atom. The van der Waals surface area contributed by atoms with E-state index in [2.05, 4.69) is 68.4 Å². The van der Waals surface area contributed by atoms with Gasteiger partial charge in [-0.25, -0.2) is 9.98 Å². The van der Waals surface area contributed by atoms with Crippen LogP contribution in [0.15, 0.2) is 72.0 Å². The fourth-order valence-electron chi connectivity index (χ4n) is 4.22. The topological polar surface area (TPSA) is 66.7 Å². The van der Waals surface area contributed by atoms with Crippen molar-refractivity contribution in [1.29, 1.82) is 0 Å². The van der Waals surface area contributed by atoms with E-state index < -0.39 is 0 Å². The van der Waals surface area contributed by atoms with Crippen LogP contribution < -0.4 is 20.3 Å². The first kappa shape index (κ1) is 22.7. The third-order valence-electron chi connectivity index (χ3n) is 5.90. The molecule has 1 aliphatic rings. The van der Waals surface area contributed by atoms with Gasteiger partial charge in [0.15, 0.2) is 5.96 Å². The average molecular weight is 447 g/mol. The van der Waals surface area contributed by atoms with E-state index in [9.17, 15) is 0 Å². The van der Waals surface area contributed by atoms with Gasteiger partial charge in [-0.3, -0.25) is 0 Å². The first-order chi connectivity index (χ1) is 16.2. The molecule has 1 atom stereocenters. The average Bonchev–Trinajstić information content (AvgIpc) is 3.30. The second-order valence-electron chi connectivity index (χ2n) is 8.28. The number of aliphatic imine (C=N–C) groups is 1. The van der Waals surface area contributed by atoms with E-state index in [-0.39, 0.29) is 0 Å². The molecule has 1 aromatic heterocycles. The quantitative estimate of drug-likeness (QED) is 0.408. The molecule has 0 aliphatic carbocycles. The number of methoxy groups -OCH3 is 1. The molecule has 1 saturated heterocycles. The zero-order chi connectivity index (χ0) is 22.9. The molecular formula is C26H34N6O. The molecule has 7 nitrogen and oxygen atoms in total. The summed E-state index contributed by atoms with van der Waals surface area (Å²) in [5.74, 6) is 2.69. The van der Waals surface area contributed by atoms with Crippen LogP contribution in [0.4, 0.5) is 5.69 Å². The minimum atomic E-state index is 0.326. The van der Waals surface area contributed by atoms with Gasteiger partial charge in [0.05, 0.1) is 7.11 Å². The number of piperidine rings is 1. The Morgan fingerprint density at radius 1 is 1.18 bits per heavy atom. The molecule has 0 radical (unpaired) electrons. The number of rotatable bonds is 8. The molecule has 0 spiro atoms. The SMILES string of the molecule is CCNC(=NCc1nccn1Cc1ccccc1)NC1CCCN(c2cccc(OC)c2)C1. The monoisotopic (exact) mass is 446 g/mol. The molecule has 1 unspecified atom stereocenters. The van der Waals surface area contributed by atoms with E-state index in [4.69, 9.17) is 9.73 Å². The van der Waals surface area contributed by atoms with E-state index in [1.165, 1.54) is 11.3 Å². The molecule has 2 N–H and O–H groups in total. The van der Waals surface area contributed by atoms with Gasteiger partial charge in [-0.05, 0) is 37.5 Å². The van der Waals surface area contributed by atoms with Crippen LogP contribution in [0, 0.1) is 0 Å². The molecule has 7 heteroatoms. The number of benzene rings is 2. The lowest BCUT2D eigenvalue weighted by atomic mass is 10.0. The van der Waals surface area contributed by atoms with Gasteiger partial charge in [0.25, 0.3) is 0 Å². The summed E-state index contributed by atoms with van der Waals surface area (Å²) in [6.07, 6.45) is 6.12. The van der Waals surface area contributed by atoms with Crippen molar-refractivity contribution < 1.29 is 4.74 Å². The molecule has 174 valence electrons. The lowest BCUT2D eigenvalue weighted by Crippen LogP contribution is -2.51. The fraction of sp³-hybridized carbons (Fsp3) is 0.385. The number of anilines is 1. The summed E-state index contributed by atoms with van der Waals surface area (Å²) in [6, 6.07) is 19.1. The normalized spacial score (nSPS) is 16.5. The number of ether oxygens (including phenoxy) is 1. The molecule has 3 aromatic rings. The highest BCUT2D eigenvalue weighted by atomic mass is 16.5. The Morgan fingerprint density at radius 3 is 2.88 bits per heavy atom. The molecule has 0 saturated carbocycles. The lowest BCUT2D eigenvalue weighted by molar-refractivity contribution is 0.414. The van der Waals surface area contributed by atoms with Crippen LogP contribution >= 0.6 is 0 Å². The molecule has 2 heterocycles. The number of guanidine groups is 1. The molecule has 1 fully saturated rings. The van der Waals surface area contributed by atoms with Crippen LogP contribution in [0.1, 0.15) is 31.2 Å². The molecule has 0 amide bonds. The van der Waals surface area contributed by atoms with Crippen LogP contribution in [0.25, 0.3) is 0 Å². The van der Waals surface area contributed by atoms with E-state index in [0.717, 1.165) is 56.6 Å². The smallest absolute Gasteiger partial charge is 0.191 e. The number of nitrogens with one attached hydrogen (secondary N) is 2. The van der Waals surface area contributed by atoms with Gasteiger partial charge in [-0.2, -0.15) is 0 Å². The predicted octanol–water partition coefficient (Wildman–Crippen LogP) is 3.66. The summed E-state index contributed by atoms with van der Waals surface area (Å²) < 4.78 is 7.56. The summed E-state index contributed by atoms with van der Waals surface area (Å²) in [4.78, 5) is 11.8. The van der Waals surface area contributed by atoms with Crippen molar-refractivity contribution in [2.45, 2.75) is 38.9 Å². The zero-order valence-electron chi connectivity index (χ0n) is 19.6. The van der Waals surface area contributed by atoms with Crippen LogP contribution in [0.5, 0.6) is 5.75 Å². The van der Waals surface area contributed by atoms with E-state index in [0.29, 0.717) is 12.6 Å². The number of hydrogen-bond acceptors (Lipinski definition) is 4. The first-order valence-electron chi connectivity index (χ1n) is 11.7. The van der Waals surface area contributed by atoms with Crippen LogP contribution in [-0.2, 0) is 13.1 Å². The van der Waals surface area contributed by atoms with E-state index >= 15 is 0 Å². The highest BCUT2D eigenvalue weighted by molar-refractivity contribution is 5.80. The number of hydrogen-bond donors (Lipinski definition) is 2. The van der Waals surface area contributed by atoms with Crippen molar-refractivity contribution in [2.24, 2.45) is 4.99 Å². The maximum atomic E-state index is 5.40. The summed E-state index contributed by atoms with van der Waals surface area (Å²) in [7, 11) is 1.71. The molecule has 33 heavy (non-hydrogen) atoms. The van der Waals surface area contributed by atoms with Crippen molar-refractivity contribution in [3.05, 3.63) is 78.4 Å². The maximum absolute atomic E-state index is 5.40. The standard InChI is InChI=1S/C26H34N6O/c1-3-27-26(29-18-25-28-14-16-32(25)19-21-9-5-4-6-10-21)30-22-11-8-15-31(20-22)23-12-7-13-24(17-23)33-2/h4-7,9-10,12-14,16-17,22H,3,8,11,15,18-20H2,1-2H3,(H2,27,29,30). The summed E-state index contributed by atoms with van der Waals surface area (Å²) in [6.45, 7) is 6.22. The van der Waals surface area contributed by atoms with Crippen LogP contribution in [0.3, 0.4) is 0 Å². The van der Waals surface area contributed by atoms with E-state index in [1.54, 1.807) is 7.11 Å². The minimum absolute atomic E-state index is 0.326. The fourth-order valence-corrected chi connectivity index (χ4v) is 4.22. The lowest BCUT2D eigenvalue weighted by Gasteiger charge is -2.35. The van der Waals surface area contributed by atoms with Gasteiger partial charge in [0, 0.05) is 56.4 Å². The van der Waals surface area contributed by atoms with Crippen molar-refractivity contribution >= 4 is 11.6 Å². The van der Waals surface area contributed by atoms with Crippen molar-refractivity contribution in [1.82, 2.24) is 20.2 Å². The molecular weight excluding hydrogens is 412 g/mol. The number of imidazole rings is 1. The zero-order valence-corrected chi connectivity index (χ0v) is 19.6.